The number of thiol groups is 1. The van der Waals surface area contributed by atoms with E-state index in [1.165, 1.54) is 26.0 Å². The molecule has 0 aliphatic rings. The SMILES string of the molecule is Cc1ccc(SCc2nc(C(C)C)c(CS)s2)cc1. The first-order valence-electron chi connectivity index (χ1n) is 6.39. The van der Waals surface area contributed by atoms with E-state index in [4.69, 9.17) is 4.98 Å². The molecule has 0 radical (unpaired) electrons. The van der Waals surface area contributed by atoms with Crippen LogP contribution in [0.4, 0.5) is 0 Å². The van der Waals surface area contributed by atoms with Crippen LogP contribution in [0, 0.1) is 6.92 Å². The van der Waals surface area contributed by atoms with E-state index >= 15 is 0 Å². The Morgan fingerprint density at radius 2 is 1.95 bits per heavy atom. The monoisotopic (exact) mass is 309 g/mol. The van der Waals surface area contributed by atoms with Crippen LogP contribution in [0.15, 0.2) is 29.2 Å². The first-order chi connectivity index (χ1) is 9.10. The average molecular weight is 310 g/mol. The number of hydrogen-bond acceptors (Lipinski definition) is 4. The average Bonchev–Trinajstić information content (AvgIpc) is 2.81. The van der Waals surface area contributed by atoms with Gasteiger partial charge in [-0.25, -0.2) is 4.98 Å². The lowest BCUT2D eigenvalue weighted by Crippen LogP contribution is -1.92. The van der Waals surface area contributed by atoms with E-state index in [0.717, 1.165) is 11.5 Å². The summed E-state index contributed by atoms with van der Waals surface area (Å²) in [7, 11) is 0. The summed E-state index contributed by atoms with van der Waals surface area (Å²) in [5.74, 6) is 2.22. The lowest BCUT2D eigenvalue weighted by Gasteiger charge is -2.01. The van der Waals surface area contributed by atoms with E-state index in [9.17, 15) is 0 Å². The Kier molecular flexibility index (Phi) is 5.37. The maximum atomic E-state index is 4.76. The van der Waals surface area contributed by atoms with Gasteiger partial charge in [0.15, 0.2) is 0 Å². The molecule has 4 heteroatoms. The van der Waals surface area contributed by atoms with Gasteiger partial charge in [-0.15, -0.1) is 23.1 Å². The van der Waals surface area contributed by atoms with E-state index in [1.807, 2.05) is 11.8 Å². The number of hydrogen-bond donors (Lipinski definition) is 1. The minimum atomic E-state index is 0.483. The van der Waals surface area contributed by atoms with Crippen molar-refractivity contribution in [3.8, 4) is 0 Å². The summed E-state index contributed by atoms with van der Waals surface area (Å²) in [6.07, 6.45) is 0. The topological polar surface area (TPSA) is 12.9 Å². The molecular weight excluding hydrogens is 290 g/mol. The third-order valence-corrected chi connectivity index (χ3v) is 5.65. The van der Waals surface area contributed by atoms with Crippen molar-refractivity contribution in [1.82, 2.24) is 4.98 Å². The minimum absolute atomic E-state index is 0.483. The quantitative estimate of drug-likeness (QED) is 0.595. The Bertz CT molecular complexity index is 529. The van der Waals surface area contributed by atoms with Gasteiger partial charge in [0.1, 0.15) is 5.01 Å². The molecule has 0 N–H and O–H groups in total. The molecule has 0 aliphatic heterocycles. The molecule has 0 atom stereocenters. The number of nitrogens with zero attached hydrogens (tertiary/aromatic N) is 1. The van der Waals surface area contributed by atoms with E-state index in [1.54, 1.807) is 11.3 Å². The predicted molar refractivity (Wildman–Crippen MR) is 89.6 cm³/mol. The Labute approximate surface area is 129 Å². The van der Waals surface area contributed by atoms with Crippen molar-refractivity contribution in [3.05, 3.63) is 45.4 Å². The molecule has 2 rings (SSSR count). The van der Waals surface area contributed by atoms with Crippen LogP contribution in [-0.2, 0) is 11.5 Å². The number of rotatable bonds is 5. The van der Waals surface area contributed by atoms with Crippen molar-refractivity contribution in [2.75, 3.05) is 0 Å². The molecule has 0 saturated heterocycles. The molecule has 0 saturated carbocycles. The third kappa shape index (κ3) is 4.01. The molecule has 0 amide bonds. The summed E-state index contributed by atoms with van der Waals surface area (Å²) in [6.45, 7) is 6.50. The van der Waals surface area contributed by atoms with Crippen molar-refractivity contribution < 1.29 is 0 Å². The van der Waals surface area contributed by atoms with E-state index in [0.29, 0.717) is 5.92 Å². The number of benzene rings is 1. The van der Waals surface area contributed by atoms with Gasteiger partial charge in [0.25, 0.3) is 0 Å². The fourth-order valence-corrected chi connectivity index (χ4v) is 4.15. The van der Waals surface area contributed by atoms with E-state index in [-0.39, 0.29) is 0 Å². The van der Waals surface area contributed by atoms with Gasteiger partial charge in [0.2, 0.25) is 0 Å². The van der Waals surface area contributed by atoms with Gasteiger partial charge in [0.05, 0.1) is 11.4 Å². The number of thioether (sulfide) groups is 1. The summed E-state index contributed by atoms with van der Waals surface area (Å²) in [5.41, 5.74) is 2.53. The second-order valence-electron chi connectivity index (χ2n) is 4.83. The van der Waals surface area contributed by atoms with Crippen LogP contribution in [-0.4, -0.2) is 4.98 Å². The van der Waals surface area contributed by atoms with E-state index < -0.39 is 0 Å². The van der Waals surface area contributed by atoms with Crippen molar-refractivity contribution in [2.45, 2.75) is 43.1 Å². The molecule has 1 aromatic heterocycles. The zero-order chi connectivity index (χ0) is 13.8. The molecule has 0 fully saturated rings. The van der Waals surface area contributed by atoms with Crippen LogP contribution in [0.2, 0.25) is 0 Å². The Hall–Kier alpha value is -0.450. The molecule has 1 aromatic carbocycles. The zero-order valence-corrected chi connectivity index (χ0v) is 14.0. The molecule has 2 aromatic rings. The summed E-state index contributed by atoms with van der Waals surface area (Å²) in [5, 5.41) is 1.21. The van der Waals surface area contributed by atoms with Crippen LogP contribution >= 0.6 is 35.7 Å². The third-order valence-electron chi connectivity index (χ3n) is 2.85. The fraction of sp³-hybridized carbons (Fsp3) is 0.400. The maximum absolute atomic E-state index is 4.76. The smallest absolute Gasteiger partial charge is 0.103 e. The molecule has 0 bridgehead atoms. The first-order valence-corrected chi connectivity index (χ1v) is 8.82. The maximum Gasteiger partial charge on any atom is 0.103 e. The highest BCUT2D eigenvalue weighted by atomic mass is 32.2. The Balaban J connectivity index is 2.05. The molecule has 1 heterocycles. The van der Waals surface area contributed by atoms with Crippen molar-refractivity contribution in [2.24, 2.45) is 0 Å². The standard InChI is InChI=1S/C15H19NS3/c1-10(2)15-13(8-17)19-14(16-15)9-18-12-6-4-11(3)5-7-12/h4-7,10,17H,8-9H2,1-3H3. The van der Waals surface area contributed by atoms with Gasteiger partial charge < -0.3 is 0 Å². The molecule has 0 spiro atoms. The Morgan fingerprint density at radius 3 is 2.47 bits per heavy atom. The van der Waals surface area contributed by atoms with Crippen LogP contribution in [0.1, 0.15) is 40.9 Å². The molecule has 1 nitrogen and oxygen atoms in total. The number of aromatic nitrogens is 1. The highest BCUT2D eigenvalue weighted by molar-refractivity contribution is 7.98. The second-order valence-corrected chi connectivity index (χ2v) is 7.36. The predicted octanol–water partition coefficient (Wildman–Crippen LogP) is 5.30. The zero-order valence-electron chi connectivity index (χ0n) is 11.5. The summed E-state index contributed by atoms with van der Waals surface area (Å²) in [4.78, 5) is 7.38. The number of aryl methyl sites for hydroxylation is 1. The van der Waals surface area contributed by atoms with Gasteiger partial charge in [-0.3, -0.25) is 0 Å². The minimum Gasteiger partial charge on any atom is -0.245 e. The summed E-state index contributed by atoms with van der Waals surface area (Å²) < 4.78 is 0. The molecule has 102 valence electrons. The molecule has 19 heavy (non-hydrogen) atoms. The van der Waals surface area contributed by atoms with Crippen LogP contribution < -0.4 is 0 Å². The number of thiazole rings is 1. The largest absolute Gasteiger partial charge is 0.245 e. The lowest BCUT2D eigenvalue weighted by molar-refractivity contribution is 0.819. The van der Waals surface area contributed by atoms with Gasteiger partial charge >= 0.3 is 0 Å². The van der Waals surface area contributed by atoms with Crippen molar-refractivity contribution in [1.29, 1.82) is 0 Å². The van der Waals surface area contributed by atoms with E-state index in [2.05, 4.69) is 57.7 Å². The van der Waals surface area contributed by atoms with Gasteiger partial charge in [-0.05, 0) is 25.0 Å². The summed E-state index contributed by atoms with van der Waals surface area (Å²) >= 11 is 8.05. The van der Waals surface area contributed by atoms with Crippen LogP contribution in [0.5, 0.6) is 0 Å². The molecule has 0 unspecified atom stereocenters. The Morgan fingerprint density at radius 1 is 1.26 bits per heavy atom. The first kappa shape index (κ1) is 14.9. The highest BCUT2D eigenvalue weighted by Crippen LogP contribution is 2.30. The molecule has 0 aliphatic carbocycles. The fourth-order valence-electron chi connectivity index (χ4n) is 1.82. The second kappa shape index (κ2) is 6.82. The molecular formula is C15H19NS3. The highest BCUT2D eigenvalue weighted by Gasteiger charge is 2.13. The lowest BCUT2D eigenvalue weighted by atomic mass is 10.1. The summed E-state index contributed by atoms with van der Waals surface area (Å²) in [6, 6.07) is 8.67. The van der Waals surface area contributed by atoms with Gasteiger partial charge in [0, 0.05) is 15.5 Å². The van der Waals surface area contributed by atoms with Gasteiger partial charge in [-0.2, -0.15) is 12.6 Å². The van der Waals surface area contributed by atoms with Gasteiger partial charge in [-0.1, -0.05) is 31.5 Å². The normalized spacial score (nSPS) is 11.2. The van der Waals surface area contributed by atoms with Crippen LogP contribution in [0.25, 0.3) is 0 Å². The van der Waals surface area contributed by atoms with Crippen LogP contribution in [0.3, 0.4) is 0 Å². The van der Waals surface area contributed by atoms with Crippen molar-refractivity contribution in [3.63, 3.8) is 0 Å². The van der Waals surface area contributed by atoms with Crippen molar-refractivity contribution >= 4 is 35.7 Å².